The zero-order valence-corrected chi connectivity index (χ0v) is 13.3. The summed E-state index contributed by atoms with van der Waals surface area (Å²) in [5, 5.41) is 0. The average Bonchev–Trinajstić information content (AvgIpc) is 2.54. The fourth-order valence-corrected chi connectivity index (χ4v) is 2.97. The Balaban J connectivity index is 1.78. The van der Waals surface area contributed by atoms with Gasteiger partial charge < -0.3 is 9.47 Å². The van der Waals surface area contributed by atoms with E-state index in [0.29, 0.717) is 0 Å². The molecule has 1 aromatic rings. The Labute approximate surface area is 135 Å². The lowest BCUT2D eigenvalue weighted by Gasteiger charge is -2.27. The molecule has 0 unspecified atom stereocenters. The van der Waals surface area contributed by atoms with Crippen LogP contribution >= 0.6 is 0 Å². The number of aromatic nitrogens is 1. The number of unbranched alkanes of at least 4 members (excludes halogenated alkanes) is 1. The third-order valence-electron chi connectivity index (χ3n) is 4.28. The molecule has 2 rings (SSSR count). The van der Waals surface area contributed by atoms with Gasteiger partial charge in [0.25, 0.3) is 0 Å². The van der Waals surface area contributed by atoms with Crippen LogP contribution in [-0.4, -0.2) is 17.6 Å². The fraction of sp³-hybridized carbons (Fsp3) is 0.647. The molecule has 1 aliphatic carbocycles. The molecule has 1 saturated carbocycles. The minimum atomic E-state index is -2.92. The summed E-state index contributed by atoms with van der Waals surface area (Å²) in [4.78, 5) is 15.8. The van der Waals surface area contributed by atoms with Crippen molar-refractivity contribution in [1.29, 1.82) is 0 Å². The molecular formula is C17H23F2NO3. The number of hydrogen-bond donors (Lipinski definition) is 0. The molecule has 128 valence electrons. The molecule has 0 aliphatic heterocycles. The summed E-state index contributed by atoms with van der Waals surface area (Å²) in [5.74, 6) is 0.445. The maximum absolute atomic E-state index is 12.1. The number of halogens is 2. The lowest BCUT2D eigenvalue weighted by atomic mass is 9.80. The Morgan fingerprint density at radius 3 is 2.61 bits per heavy atom. The van der Waals surface area contributed by atoms with Gasteiger partial charge in [0.1, 0.15) is 5.75 Å². The van der Waals surface area contributed by atoms with E-state index in [0.717, 1.165) is 31.6 Å². The fourth-order valence-electron chi connectivity index (χ4n) is 2.97. The first-order chi connectivity index (χ1) is 11.1. The van der Waals surface area contributed by atoms with Crippen LogP contribution in [0.25, 0.3) is 0 Å². The number of pyridine rings is 1. The van der Waals surface area contributed by atoms with Crippen LogP contribution in [-0.2, 0) is 4.79 Å². The first-order valence-electron chi connectivity index (χ1n) is 8.21. The Morgan fingerprint density at radius 1 is 1.30 bits per heavy atom. The van der Waals surface area contributed by atoms with Gasteiger partial charge in [-0.05, 0) is 37.7 Å². The van der Waals surface area contributed by atoms with Crippen LogP contribution in [0.1, 0.15) is 51.9 Å². The lowest BCUT2D eigenvalue weighted by Crippen LogP contribution is -2.25. The molecule has 1 fully saturated rings. The third-order valence-corrected chi connectivity index (χ3v) is 4.28. The molecule has 1 heterocycles. The summed E-state index contributed by atoms with van der Waals surface area (Å²) in [5.41, 5.74) is 0. The van der Waals surface area contributed by atoms with Crippen molar-refractivity contribution in [2.45, 2.75) is 58.5 Å². The Kier molecular flexibility index (Phi) is 6.74. The predicted molar refractivity (Wildman–Crippen MR) is 81.5 cm³/mol. The van der Waals surface area contributed by atoms with Gasteiger partial charge in [0.05, 0.1) is 12.1 Å². The van der Waals surface area contributed by atoms with Gasteiger partial charge in [-0.25, -0.2) is 4.98 Å². The molecule has 0 radical (unpaired) electrons. The molecule has 1 aromatic heterocycles. The van der Waals surface area contributed by atoms with Crippen molar-refractivity contribution < 1.29 is 23.0 Å². The Morgan fingerprint density at radius 2 is 2.04 bits per heavy atom. The third kappa shape index (κ3) is 5.77. The van der Waals surface area contributed by atoms with E-state index in [2.05, 4.69) is 16.6 Å². The summed E-state index contributed by atoms with van der Waals surface area (Å²) < 4.78 is 33.5. The van der Waals surface area contributed by atoms with Crippen molar-refractivity contribution in [2.75, 3.05) is 0 Å². The number of hydrogen-bond acceptors (Lipinski definition) is 4. The summed E-state index contributed by atoms with van der Waals surface area (Å²) in [6.45, 7) is -0.729. The van der Waals surface area contributed by atoms with E-state index in [9.17, 15) is 13.6 Å². The first-order valence-corrected chi connectivity index (χ1v) is 8.21. The summed E-state index contributed by atoms with van der Waals surface area (Å²) in [6.07, 6.45) is 8.77. The molecule has 0 atom stereocenters. The van der Waals surface area contributed by atoms with Gasteiger partial charge in [0.15, 0.2) is 0 Å². The summed E-state index contributed by atoms with van der Waals surface area (Å²) in [6, 6.07) is 2.67. The second-order valence-electron chi connectivity index (χ2n) is 5.99. The Bertz CT molecular complexity index is 485. The number of nitrogens with zero attached hydrogens (tertiary/aromatic N) is 1. The molecule has 0 aromatic carbocycles. The summed E-state index contributed by atoms with van der Waals surface area (Å²) in [7, 11) is 0. The minimum Gasteiger partial charge on any atom is -0.425 e. The number of ether oxygens (including phenoxy) is 2. The number of esters is 1. The van der Waals surface area contributed by atoms with E-state index in [1.807, 2.05) is 0 Å². The van der Waals surface area contributed by atoms with Gasteiger partial charge in [-0.1, -0.05) is 26.2 Å². The van der Waals surface area contributed by atoms with Crippen molar-refractivity contribution in [1.82, 2.24) is 4.98 Å². The average molecular weight is 327 g/mol. The van der Waals surface area contributed by atoms with E-state index in [-0.39, 0.29) is 23.5 Å². The van der Waals surface area contributed by atoms with Gasteiger partial charge in [0, 0.05) is 6.07 Å². The molecule has 0 amide bonds. The summed E-state index contributed by atoms with van der Waals surface area (Å²) >= 11 is 0. The topological polar surface area (TPSA) is 48.4 Å². The van der Waals surface area contributed by atoms with E-state index >= 15 is 0 Å². The normalized spacial score (nSPS) is 21.2. The number of carbonyl (C=O) groups is 1. The standard InChI is InChI=1S/C17H23F2NO3/c1-2-3-4-12-5-7-13(8-6-12)16(21)22-14-9-10-15(20-11-14)23-17(18)19/h9-13,17H,2-8H2,1H3. The van der Waals surface area contributed by atoms with Crippen LogP contribution in [0.4, 0.5) is 8.78 Å². The van der Waals surface area contributed by atoms with Crippen molar-refractivity contribution in [2.24, 2.45) is 11.8 Å². The van der Waals surface area contributed by atoms with Gasteiger partial charge in [-0.3, -0.25) is 4.79 Å². The van der Waals surface area contributed by atoms with Gasteiger partial charge in [-0.2, -0.15) is 8.78 Å². The smallest absolute Gasteiger partial charge is 0.388 e. The van der Waals surface area contributed by atoms with Crippen molar-refractivity contribution in [3.63, 3.8) is 0 Å². The van der Waals surface area contributed by atoms with Gasteiger partial charge >= 0.3 is 12.6 Å². The minimum absolute atomic E-state index is 0.0788. The lowest BCUT2D eigenvalue weighted by molar-refractivity contribution is -0.140. The number of alkyl halides is 2. The molecule has 0 saturated heterocycles. The van der Waals surface area contributed by atoms with Crippen LogP contribution in [0.2, 0.25) is 0 Å². The quantitative estimate of drug-likeness (QED) is 0.688. The first kappa shape index (κ1) is 17.6. The van der Waals surface area contributed by atoms with E-state index in [1.165, 1.54) is 37.6 Å². The highest BCUT2D eigenvalue weighted by molar-refractivity contribution is 5.75. The maximum Gasteiger partial charge on any atom is 0.388 e. The highest BCUT2D eigenvalue weighted by Gasteiger charge is 2.27. The largest absolute Gasteiger partial charge is 0.425 e. The highest BCUT2D eigenvalue weighted by atomic mass is 19.3. The molecule has 6 heteroatoms. The van der Waals surface area contributed by atoms with Crippen LogP contribution < -0.4 is 9.47 Å². The van der Waals surface area contributed by atoms with Crippen molar-refractivity contribution in [3.8, 4) is 11.6 Å². The predicted octanol–water partition coefficient (Wildman–Crippen LogP) is 4.59. The molecule has 0 N–H and O–H groups in total. The second kappa shape index (κ2) is 8.79. The highest BCUT2D eigenvalue weighted by Crippen LogP contribution is 2.32. The van der Waals surface area contributed by atoms with E-state index in [1.54, 1.807) is 0 Å². The van der Waals surface area contributed by atoms with Crippen LogP contribution in [0.15, 0.2) is 18.3 Å². The second-order valence-corrected chi connectivity index (χ2v) is 5.99. The molecular weight excluding hydrogens is 304 g/mol. The van der Waals surface area contributed by atoms with Crippen molar-refractivity contribution >= 4 is 5.97 Å². The zero-order chi connectivity index (χ0) is 16.7. The van der Waals surface area contributed by atoms with Crippen LogP contribution in [0.5, 0.6) is 11.6 Å². The monoisotopic (exact) mass is 327 g/mol. The van der Waals surface area contributed by atoms with Gasteiger partial charge in [0.2, 0.25) is 5.88 Å². The zero-order valence-electron chi connectivity index (χ0n) is 13.3. The SMILES string of the molecule is CCCCC1CCC(C(=O)Oc2ccc(OC(F)F)nc2)CC1. The Hall–Kier alpha value is -1.72. The van der Waals surface area contributed by atoms with Crippen molar-refractivity contribution in [3.05, 3.63) is 18.3 Å². The number of carbonyl (C=O) groups excluding carboxylic acids is 1. The van der Waals surface area contributed by atoms with E-state index < -0.39 is 6.61 Å². The van der Waals surface area contributed by atoms with E-state index in [4.69, 9.17) is 4.74 Å². The van der Waals surface area contributed by atoms with Crippen LogP contribution in [0.3, 0.4) is 0 Å². The molecule has 23 heavy (non-hydrogen) atoms. The van der Waals surface area contributed by atoms with Crippen LogP contribution in [0, 0.1) is 11.8 Å². The number of rotatable bonds is 7. The maximum atomic E-state index is 12.1. The van der Waals surface area contributed by atoms with Gasteiger partial charge in [-0.15, -0.1) is 0 Å². The molecule has 0 bridgehead atoms. The molecule has 1 aliphatic rings. The molecule has 4 nitrogen and oxygen atoms in total. The molecule has 0 spiro atoms.